The highest BCUT2D eigenvalue weighted by Gasteiger charge is 2.24. The van der Waals surface area contributed by atoms with Gasteiger partial charge in [-0.25, -0.2) is 0 Å². The van der Waals surface area contributed by atoms with Crippen molar-refractivity contribution in [1.29, 1.82) is 0 Å². The summed E-state index contributed by atoms with van der Waals surface area (Å²) in [6.07, 6.45) is 18.4. The normalized spacial score (nSPS) is 12.6. The lowest BCUT2D eigenvalue weighted by atomic mass is 9.91. The Morgan fingerprint density at radius 1 is 0.182 bits per heavy atom. The van der Waals surface area contributed by atoms with Crippen LogP contribution < -0.4 is 0 Å². The minimum Gasteiger partial charge on any atom is -0.0622 e. The Bertz CT molecular complexity index is 4100. The number of rotatable bonds is 8. The summed E-state index contributed by atoms with van der Waals surface area (Å²) in [5.74, 6) is 0. The molecule has 0 aliphatic heterocycles. The maximum Gasteiger partial charge on any atom is -0.00134 e. The standard InChI is InChI=1S/C66H42/c1-5-17-43(18-6-1)31-35-47-37-38-48(36-32-44-19-7-2-8-20-44)62-59-41-57-52-28-16-30-56-64(52)60(42-58(57)51-27-15-29-55(61(47)62)63(51)59)66-54(40-34-46-23-11-4-12-24-46)50-26-14-13-25-49(50)53(65(56)66)39-33-45-21-9-3-10-22-45/h1-42H. The molecule has 0 bridgehead atoms. The SMILES string of the molecule is C(=Cc1ccc(C=Cc2ccccc2)c2c3cc4c(cc5c6c(C=Cc7ccccc7)c7ccccc7c(C=Cc7ccccc7)c6c6cccc4c65)c4cccc(c12)c43)c1ccccc1. The summed E-state index contributed by atoms with van der Waals surface area (Å²) < 4.78 is 0. The van der Waals surface area contributed by atoms with E-state index in [4.69, 9.17) is 0 Å². The second kappa shape index (κ2) is 15.6. The van der Waals surface area contributed by atoms with Crippen molar-refractivity contribution in [3.8, 4) is 0 Å². The molecule has 0 heteroatoms. The van der Waals surface area contributed by atoms with Crippen molar-refractivity contribution in [2.45, 2.75) is 0 Å². The van der Waals surface area contributed by atoms with Gasteiger partial charge in [-0.2, -0.15) is 0 Å². The fourth-order valence-electron chi connectivity index (χ4n) is 10.9. The van der Waals surface area contributed by atoms with Gasteiger partial charge in [-0.3, -0.25) is 0 Å². The van der Waals surface area contributed by atoms with Crippen LogP contribution in [0.5, 0.6) is 0 Å². The van der Waals surface area contributed by atoms with Crippen LogP contribution in [0.15, 0.2) is 206 Å². The zero-order valence-corrected chi connectivity index (χ0v) is 36.2. The molecule has 0 N–H and O–H groups in total. The predicted octanol–water partition coefficient (Wildman–Crippen LogP) is 18.5. The summed E-state index contributed by atoms with van der Waals surface area (Å²) in [6, 6.07) is 75.3. The van der Waals surface area contributed by atoms with Gasteiger partial charge in [0.1, 0.15) is 0 Å². The Balaban J connectivity index is 1.16. The molecular formula is C66H42. The van der Waals surface area contributed by atoms with Gasteiger partial charge in [-0.05, 0) is 143 Å². The van der Waals surface area contributed by atoms with E-state index in [9.17, 15) is 0 Å². The fourth-order valence-corrected chi connectivity index (χ4v) is 10.9. The van der Waals surface area contributed by atoms with Crippen molar-refractivity contribution in [3.63, 3.8) is 0 Å². The molecule has 0 nitrogen and oxygen atoms in total. The van der Waals surface area contributed by atoms with Gasteiger partial charge in [-0.15, -0.1) is 0 Å². The molecule has 0 aliphatic carbocycles. The summed E-state index contributed by atoms with van der Waals surface area (Å²) in [4.78, 5) is 0. The van der Waals surface area contributed by atoms with Crippen LogP contribution in [0.25, 0.3) is 135 Å². The monoisotopic (exact) mass is 834 g/mol. The van der Waals surface area contributed by atoms with E-state index in [1.54, 1.807) is 0 Å². The lowest BCUT2D eigenvalue weighted by molar-refractivity contribution is 1.66. The zero-order valence-electron chi connectivity index (χ0n) is 36.2. The van der Waals surface area contributed by atoms with Crippen molar-refractivity contribution < 1.29 is 0 Å². The second-order valence-electron chi connectivity index (χ2n) is 17.5. The lowest BCUT2D eigenvalue weighted by Gasteiger charge is -2.12. The van der Waals surface area contributed by atoms with Crippen molar-refractivity contribution in [2.24, 2.45) is 0 Å². The first-order valence-electron chi connectivity index (χ1n) is 22.9. The van der Waals surface area contributed by atoms with Crippen molar-refractivity contribution in [3.05, 3.63) is 251 Å². The lowest BCUT2D eigenvalue weighted by Crippen LogP contribution is -1.87. The number of hydrogen-bond acceptors (Lipinski definition) is 0. The Morgan fingerprint density at radius 3 is 0.939 bits per heavy atom. The summed E-state index contributed by atoms with van der Waals surface area (Å²) in [7, 11) is 0. The quantitative estimate of drug-likeness (QED) is 0.106. The van der Waals surface area contributed by atoms with E-state index < -0.39 is 0 Å². The first kappa shape index (κ1) is 37.9. The van der Waals surface area contributed by atoms with Crippen LogP contribution >= 0.6 is 0 Å². The average molecular weight is 835 g/mol. The smallest absolute Gasteiger partial charge is 0.00134 e. The van der Waals surface area contributed by atoms with E-state index >= 15 is 0 Å². The largest absolute Gasteiger partial charge is 0.0622 e. The molecule has 0 saturated carbocycles. The van der Waals surface area contributed by atoms with E-state index in [1.165, 1.54) is 131 Å². The molecule has 13 aromatic carbocycles. The van der Waals surface area contributed by atoms with E-state index in [0.29, 0.717) is 0 Å². The number of fused-ring (bicyclic) bond motifs is 10. The molecule has 0 radical (unpaired) electrons. The van der Waals surface area contributed by atoms with Crippen LogP contribution in [0.3, 0.4) is 0 Å². The molecule has 0 heterocycles. The van der Waals surface area contributed by atoms with Gasteiger partial charge >= 0.3 is 0 Å². The summed E-state index contributed by atoms with van der Waals surface area (Å²) in [5, 5.41) is 20.7. The maximum atomic E-state index is 2.53. The molecule has 0 amide bonds. The highest BCUT2D eigenvalue weighted by molar-refractivity contribution is 6.43. The van der Waals surface area contributed by atoms with Gasteiger partial charge < -0.3 is 0 Å². The highest BCUT2D eigenvalue weighted by Crippen LogP contribution is 2.51. The van der Waals surface area contributed by atoms with Crippen molar-refractivity contribution in [2.75, 3.05) is 0 Å². The van der Waals surface area contributed by atoms with Gasteiger partial charge in [0.05, 0.1) is 0 Å². The Morgan fingerprint density at radius 2 is 0.500 bits per heavy atom. The van der Waals surface area contributed by atoms with Gasteiger partial charge in [0.25, 0.3) is 0 Å². The average Bonchev–Trinajstić information content (AvgIpc) is 3.90. The second-order valence-corrected chi connectivity index (χ2v) is 17.5. The van der Waals surface area contributed by atoms with Gasteiger partial charge in [0, 0.05) is 0 Å². The summed E-state index contributed by atoms with van der Waals surface area (Å²) in [5.41, 5.74) is 9.69. The molecule has 306 valence electrons. The molecule has 0 atom stereocenters. The molecule has 0 spiro atoms. The Hall–Kier alpha value is -8.58. The van der Waals surface area contributed by atoms with E-state index in [2.05, 4.69) is 255 Å². The van der Waals surface area contributed by atoms with Crippen molar-refractivity contribution >= 4 is 135 Å². The van der Waals surface area contributed by atoms with Crippen LogP contribution in [0.2, 0.25) is 0 Å². The first-order chi connectivity index (χ1) is 32.8. The van der Waals surface area contributed by atoms with E-state index in [0.717, 1.165) is 0 Å². The van der Waals surface area contributed by atoms with Crippen LogP contribution in [0, 0.1) is 0 Å². The third-order valence-corrected chi connectivity index (χ3v) is 13.8. The van der Waals surface area contributed by atoms with Crippen LogP contribution in [-0.2, 0) is 0 Å². The van der Waals surface area contributed by atoms with E-state index in [1.807, 2.05) is 0 Å². The highest BCUT2D eigenvalue weighted by atomic mass is 14.3. The summed E-state index contributed by atoms with van der Waals surface area (Å²) in [6.45, 7) is 0. The van der Waals surface area contributed by atoms with Crippen LogP contribution in [0.1, 0.15) is 44.5 Å². The molecular weight excluding hydrogens is 793 g/mol. The zero-order chi connectivity index (χ0) is 43.6. The molecule has 13 rings (SSSR count). The van der Waals surface area contributed by atoms with Gasteiger partial charge in [0.2, 0.25) is 0 Å². The topological polar surface area (TPSA) is 0 Å². The number of hydrogen-bond donors (Lipinski definition) is 0. The Labute approximate surface area is 383 Å². The molecule has 0 fully saturated rings. The van der Waals surface area contributed by atoms with Gasteiger partial charge in [-0.1, -0.05) is 243 Å². The number of benzene rings is 11. The molecule has 0 aromatic heterocycles. The van der Waals surface area contributed by atoms with Gasteiger partial charge in [0.15, 0.2) is 0 Å². The molecule has 66 heavy (non-hydrogen) atoms. The molecule has 0 aliphatic rings. The third-order valence-electron chi connectivity index (χ3n) is 13.8. The van der Waals surface area contributed by atoms with E-state index in [-0.39, 0.29) is 0 Å². The molecule has 0 saturated heterocycles. The fraction of sp³-hybridized carbons (Fsp3) is 0. The molecule has 13 aromatic rings. The van der Waals surface area contributed by atoms with Crippen LogP contribution in [-0.4, -0.2) is 0 Å². The third kappa shape index (κ3) is 6.15. The summed E-state index contributed by atoms with van der Waals surface area (Å²) >= 11 is 0. The Kier molecular flexibility index (Phi) is 8.96. The van der Waals surface area contributed by atoms with Crippen molar-refractivity contribution in [1.82, 2.24) is 0 Å². The first-order valence-corrected chi connectivity index (χ1v) is 22.9. The minimum absolute atomic E-state index is 1.18. The maximum absolute atomic E-state index is 2.53. The molecule has 0 unspecified atom stereocenters. The predicted molar refractivity (Wildman–Crippen MR) is 290 cm³/mol. The minimum atomic E-state index is 1.18. The van der Waals surface area contributed by atoms with Crippen LogP contribution in [0.4, 0.5) is 0 Å².